The van der Waals surface area contributed by atoms with Crippen LogP contribution >= 0.6 is 0 Å². The van der Waals surface area contributed by atoms with Gasteiger partial charge >= 0.3 is 6.18 Å². The SMILES string of the molecule is N#CCC1(n2cc(C(N)=O)c(NC=O)n2)CCC(NCc2ccccc2CC(F)(F)F)CC1. The second kappa shape index (κ2) is 10.0. The molecule has 2 aromatic rings. The van der Waals surface area contributed by atoms with E-state index in [1.807, 2.05) is 0 Å². The maximum absolute atomic E-state index is 12.9. The van der Waals surface area contributed by atoms with Crippen molar-refractivity contribution < 1.29 is 22.8 Å². The molecule has 3 rings (SSSR count). The van der Waals surface area contributed by atoms with Crippen LogP contribution in [0, 0.1) is 11.3 Å². The molecule has 0 unspecified atom stereocenters. The first-order valence-corrected chi connectivity index (χ1v) is 10.5. The number of nitriles is 1. The molecule has 33 heavy (non-hydrogen) atoms. The number of amides is 2. The Bertz CT molecular complexity index is 1040. The average Bonchev–Trinajstić information content (AvgIpc) is 3.19. The third-order valence-corrected chi connectivity index (χ3v) is 6.08. The van der Waals surface area contributed by atoms with E-state index < -0.39 is 24.0 Å². The van der Waals surface area contributed by atoms with E-state index in [4.69, 9.17) is 5.73 Å². The van der Waals surface area contributed by atoms with Crippen molar-refractivity contribution in [3.8, 4) is 6.07 Å². The van der Waals surface area contributed by atoms with Gasteiger partial charge in [0.15, 0.2) is 5.82 Å². The van der Waals surface area contributed by atoms with Crippen LogP contribution in [-0.4, -0.2) is 34.3 Å². The molecule has 1 saturated carbocycles. The number of rotatable bonds is 9. The lowest BCUT2D eigenvalue weighted by molar-refractivity contribution is -0.127. The quantitative estimate of drug-likeness (QED) is 0.494. The lowest BCUT2D eigenvalue weighted by atomic mass is 9.77. The summed E-state index contributed by atoms with van der Waals surface area (Å²) in [4.78, 5) is 22.5. The van der Waals surface area contributed by atoms with Crippen molar-refractivity contribution in [1.82, 2.24) is 15.1 Å². The van der Waals surface area contributed by atoms with Crippen LogP contribution in [0.3, 0.4) is 0 Å². The van der Waals surface area contributed by atoms with Gasteiger partial charge in [0.2, 0.25) is 6.41 Å². The van der Waals surface area contributed by atoms with Gasteiger partial charge in [0.05, 0.1) is 24.4 Å². The molecule has 0 spiro atoms. The maximum atomic E-state index is 12.9. The van der Waals surface area contributed by atoms with Crippen LogP contribution in [0.15, 0.2) is 30.5 Å². The molecule has 0 aliphatic heterocycles. The summed E-state index contributed by atoms with van der Waals surface area (Å²) in [5.74, 6) is -0.707. The number of halogens is 3. The lowest BCUT2D eigenvalue weighted by Gasteiger charge is -2.39. The Morgan fingerprint density at radius 1 is 1.30 bits per heavy atom. The van der Waals surface area contributed by atoms with E-state index >= 15 is 0 Å². The minimum absolute atomic E-state index is 0.0383. The van der Waals surface area contributed by atoms with E-state index in [1.165, 1.54) is 16.9 Å². The smallest absolute Gasteiger partial charge is 0.365 e. The fourth-order valence-corrected chi connectivity index (χ4v) is 4.33. The van der Waals surface area contributed by atoms with Gasteiger partial charge in [-0.05, 0) is 36.8 Å². The van der Waals surface area contributed by atoms with E-state index in [1.54, 1.807) is 18.2 Å². The molecule has 1 aliphatic rings. The highest BCUT2D eigenvalue weighted by molar-refractivity contribution is 5.99. The molecule has 11 heteroatoms. The summed E-state index contributed by atoms with van der Waals surface area (Å²) in [6, 6.07) is 8.72. The fraction of sp³-hybridized carbons (Fsp3) is 0.455. The highest BCUT2D eigenvalue weighted by Gasteiger charge is 2.39. The van der Waals surface area contributed by atoms with Crippen LogP contribution in [0.2, 0.25) is 0 Å². The van der Waals surface area contributed by atoms with Crippen LogP contribution in [0.1, 0.15) is 53.6 Å². The summed E-state index contributed by atoms with van der Waals surface area (Å²) in [6.45, 7) is 0.309. The van der Waals surface area contributed by atoms with Gasteiger partial charge in [-0.2, -0.15) is 23.5 Å². The van der Waals surface area contributed by atoms with Gasteiger partial charge in [-0.25, -0.2) is 0 Å². The first kappa shape index (κ1) is 24.3. The first-order chi connectivity index (χ1) is 15.7. The summed E-state index contributed by atoms with van der Waals surface area (Å²) in [7, 11) is 0. The number of hydrogen-bond donors (Lipinski definition) is 3. The lowest BCUT2D eigenvalue weighted by Crippen LogP contribution is -2.43. The predicted molar refractivity (Wildman–Crippen MR) is 114 cm³/mol. The topological polar surface area (TPSA) is 126 Å². The van der Waals surface area contributed by atoms with E-state index in [0.29, 0.717) is 44.2 Å². The van der Waals surface area contributed by atoms with Gasteiger partial charge in [-0.3, -0.25) is 14.3 Å². The van der Waals surface area contributed by atoms with Gasteiger partial charge in [0.25, 0.3) is 5.91 Å². The number of nitrogens with zero attached hydrogens (tertiary/aromatic N) is 3. The van der Waals surface area contributed by atoms with Gasteiger partial charge in [0.1, 0.15) is 5.56 Å². The maximum Gasteiger partial charge on any atom is 0.393 e. The van der Waals surface area contributed by atoms with E-state index in [2.05, 4.69) is 21.8 Å². The predicted octanol–water partition coefficient (Wildman–Crippen LogP) is 3.00. The van der Waals surface area contributed by atoms with Gasteiger partial charge in [-0.15, -0.1) is 0 Å². The summed E-state index contributed by atoms with van der Waals surface area (Å²) in [5.41, 5.74) is 5.61. The number of nitrogens with one attached hydrogen (secondary N) is 2. The standard InChI is InChI=1S/C22H25F3N6O2/c23-22(24,25)11-15-3-1-2-4-16(15)12-28-17-5-7-21(8-6-17,9-10-26)31-13-18(19(27)33)20(30-31)29-14-32/h1-4,13-14,17,28H,5-9,11-12H2,(H2,27,33)(H,29,30,32). The molecule has 0 saturated heterocycles. The molecule has 1 fully saturated rings. The van der Waals surface area contributed by atoms with Crippen LogP contribution in [0.4, 0.5) is 19.0 Å². The Kier molecular flexibility index (Phi) is 7.38. The van der Waals surface area contributed by atoms with Crippen molar-refractivity contribution in [1.29, 1.82) is 5.26 Å². The van der Waals surface area contributed by atoms with E-state index in [-0.39, 0.29) is 29.4 Å². The monoisotopic (exact) mass is 462 g/mol. The van der Waals surface area contributed by atoms with Crippen LogP contribution in [0.5, 0.6) is 0 Å². The number of carbonyl (C=O) groups excluding carboxylic acids is 2. The molecular formula is C22H25F3N6O2. The zero-order valence-electron chi connectivity index (χ0n) is 17.9. The molecule has 0 atom stereocenters. The molecule has 1 heterocycles. The van der Waals surface area contributed by atoms with Crippen molar-refractivity contribution in [2.75, 3.05) is 5.32 Å². The van der Waals surface area contributed by atoms with Crippen molar-refractivity contribution in [2.45, 2.75) is 62.8 Å². The minimum Gasteiger partial charge on any atom is -0.365 e. The molecule has 0 radical (unpaired) electrons. The third kappa shape index (κ3) is 5.90. The van der Waals surface area contributed by atoms with Crippen LogP contribution in [-0.2, 0) is 23.3 Å². The highest BCUT2D eigenvalue weighted by atomic mass is 19.4. The molecule has 1 aromatic heterocycles. The number of alkyl halides is 3. The normalized spacial score (nSPS) is 20.7. The minimum atomic E-state index is -4.27. The number of aromatic nitrogens is 2. The Balaban J connectivity index is 1.70. The summed E-state index contributed by atoms with van der Waals surface area (Å²) >= 11 is 0. The number of carbonyl (C=O) groups is 2. The summed E-state index contributed by atoms with van der Waals surface area (Å²) in [6.07, 6.45) is -0.820. The van der Waals surface area contributed by atoms with Crippen LogP contribution in [0.25, 0.3) is 0 Å². The van der Waals surface area contributed by atoms with Gasteiger partial charge in [0, 0.05) is 18.8 Å². The molecule has 4 N–H and O–H groups in total. The Morgan fingerprint density at radius 2 is 1.97 bits per heavy atom. The highest BCUT2D eigenvalue weighted by Crippen LogP contribution is 2.38. The largest absolute Gasteiger partial charge is 0.393 e. The molecule has 176 valence electrons. The molecule has 2 amide bonds. The summed E-state index contributed by atoms with van der Waals surface area (Å²) < 4.78 is 40.1. The van der Waals surface area contributed by atoms with E-state index in [9.17, 15) is 28.0 Å². The number of anilines is 1. The number of hydrogen-bond acceptors (Lipinski definition) is 5. The zero-order chi connectivity index (χ0) is 24.1. The number of benzene rings is 1. The second-order valence-corrected chi connectivity index (χ2v) is 8.24. The van der Waals surface area contributed by atoms with Gasteiger partial charge in [-0.1, -0.05) is 24.3 Å². The molecule has 1 aromatic carbocycles. The average molecular weight is 462 g/mol. The first-order valence-electron chi connectivity index (χ1n) is 10.5. The van der Waals surface area contributed by atoms with Crippen LogP contribution < -0.4 is 16.4 Å². The number of primary amides is 1. The van der Waals surface area contributed by atoms with Gasteiger partial charge < -0.3 is 16.4 Å². The van der Waals surface area contributed by atoms with E-state index in [0.717, 1.165) is 0 Å². The Morgan fingerprint density at radius 3 is 2.55 bits per heavy atom. The van der Waals surface area contributed by atoms with Crippen molar-refractivity contribution in [3.05, 3.63) is 47.2 Å². The molecule has 0 bridgehead atoms. The molecular weight excluding hydrogens is 437 g/mol. The van der Waals surface area contributed by atoms with Crippen molar-refractivity contribution in [2.24, 2.45) is 5.73 Å². The zero-order valence-corrected chi connectivity index (χ0v) is 17.9. The molecule has 1 aliphatic carbocycles. The number of nitrogens with two attached hydrogens (primary N) is 1. The van der Waals surface area contributed by atoms with Crippen molar-refractivity contribution >= 4 is 18.1 Å². The summed E-state index contributed by atoms with van der Waals surface area (Å²) in [5, 5.41) is 19.4. The Hall–Kier alpha value is -3.39. The fourth-order valence-electron chi connectivity index (χ4n) is 4.33. The molecule has 8 nitrogen and oxygen atoms in total. The Labute approximate surface area is 188 Å². The second-order valence-electron chi connectivity index (χ2n) is 8.24. The third-order valence-electron chi connectivity index (χ3n) is 6.08. The van der Waals surface area contributed by atoms with Crippen molar-refractivity contribution in [3.63, 3.8) is 0 Å².